The fraction of sp³-hybridized carbons (Fsp3) is 0.889. The van der Waals surface area contributed by atoms with E-state index in [1.165, 1.54) is 0 Å². The maximum Gasteiger partial charge on any atom is 0.102 e. The zero-order chi connectivity index (χ0) is 9.40. The molecule has 0 N–H and O–H groups in total. The van der Waals surface area contributed by atoms with E-state index in [4.69, 9.17) is 9.47 Å². The second kappa shape index (κ2) is 7.25. The van der Waals surface area contributed by atoms with Gasteiger partial charge in [-0.25, -0.2) is 0 Å². The first kappa shape index (κ1) is 11.6. The molecular weight excluding hydrogens is 154 g/mol. The van der Waals surface area contributed by atoms with Crippen LogP contribution < -0.4 is 0 Å². The topological polar surface area (TPSA) is 30.8 Å². The summed E-state index contributed by atoms with van der Waals surface area (Å²) in [5.74, 6) is 0. The molecule has 0 aromatic heterocycles. The minimum Gasteiger partial charge on any atom is -0.379 e. The number of ether oxygens (including phenoxy) is 2. The molecule has 3 heteroatoms. The first-order valence-corrected chi connectivity index (χ1v) is 4.30. The van der Waals surface area contributed by atoms with E-state index in [0.29, 0.717) is 6.54 Å². The Morgan fingerprint density at radius 2 is 2.00 bits per heavy atom. The van der Waals surface area contributed by atoms with Crippen LogP contribution >= 0.6 is 0 Å². The molecule has 0 bridgehead atoms. The lowest BCUT2D eigenvalue weighted by atomic mass is 10.2. The number of rotatable bonds is 6. The Labute approximate surface area is 74.8 Å². The second-order valence-electron chi connectivity index (χ2n) is 2.67. The molecule has 0 spiro atoms. The summed E-state index contributed by atoms with van der Waals surface area (Å²) in [5, 5.41) is 0. The van der Waals surface area contributed by atoms with Crippen LogP contribution in [0.5, 0.6) is 0 Å². The molecule has 0 aromatic rings. The normalized spacial score (nSPS) is 16.7. The Bertz CT molecular complexity index is 126. The van der Waals surface area contributed by atoms with Crippen molar-refractivity contribution >= 4 is 6.21 Å². The van der Waals surface area contributed by atoms with Crippen LogP contribution in [0, 0.1) is 0 Å². The third-order valence-electron chi connectivity index (χ3n) is 1.80. The molecule has 3 nitrogen and oxygen atoms in total. The lowest BCUT2D eigenvalue weighted by Crippen LogP contribution is -2.29. The van der Waals surface area contributed by atoms with Crippen molar-refractivity contribution in [3.63, 3.8) is 0 Å². The van der Waals surface area contributed by atoms with Crippen molar-refractivity contribution in [2.45, 2.75) is 32.5 Å². The van der Waals surface area contributed by atoms with Gasteiger partial charge in [0.15, 0.2) is 0 Å². The monoisotopic (exact) mass is 173 g/mol. The minimum absolute atomic E-state index is 0.0674. The van der Waals surface area contributed by atoms with Crippen molar-refractivity contribution in [2.24, 2.45) is 4.99 Å². The molecule has 0 radical (unpaired) electrons. The summed E-state index contributed by atoms with van der Waals surface area (Å²) in [6, 6.07) is 0. The summed E-state index contributed by atoms with van der Waals surface area (Å²) in [4.78, 5) is 4.20. The third-order valence-corrected chi connectivity index (χ3v) is 1.80. The Balaban J connectivity index is 3.74. The summed E-state index contributed by atoms with van der Waals surface area (Å²) in [6.07, 6.45) is 3.04. The minimum atomic E-state index is 0.0674. The summed E-state index contributed by atoms with van der Waals surface area (Å²) < 4.78 is 10.3. The Morgan fingerprint density at radius 3 is 2.42 bits per heavy atom. The molecule has 0 aromatic carbocycles. The third kappa shape index (κ3) is 4.46. The summed E-state index contributed by atoms with van der Waals surface area (Å²) in [5.41, 5.74) is 0. The van der Waals surface area contributed by atoms with Gasteiger partial charge >= 0.3 is 0 Å². The highest BCUT2D eigenvalue weighted by Crippen LogP contribution is 2.01. The Kier molecular flexibility index (Phi) is 7.00. The predicted octanol–water partition coefficient (Wildman–Crippen LogP) is 1.52. The van der Waals surface area contributed by atoms with Crippen LogP contribution in [0.2, 0.25) is 0 Å². The fourth-order valence-corrected chi connectivity index (χ4v) is 0.874. The highest BCUT2D eigenvalue weighted by molar-refractivity contribution is 5.56. The highest BCUT2D eigenvalue weighted by atomic mass is 16.5. The van der Waals surface area contributed by atoms with E-state index in [9.17, 15) is 0 Å². The molecule has 12 heavy (non-hydrogen) atoms. The quantitative estimate of drug-likeness (QED) is 0.570. The van der Waals surface area contributed by atoms with Gasteiger partial charge in [-0.05, 0) is 19.6 Å². The fourth-order valence-electron chi connectivity index (χ4n) is 0.874. The van der Waals surface area contributed by atoms with Crippen molar-refractivity contribution in [3.05, 3.63) is 0 Å². The molecule has 0 rings (SSSR count). The lowest BCUT2D eigenvalue weighted by molar-refractivity contribution is -0.0204. The Hall–Kier alpha value is -0.410. The second-order valence-corrected chi connectivity index (χ2v) is 2.67. The maximum absolute atomic E-state index is 5.21. The van der Waals surface area contributed by atoms with E-state index in [-0.39, 0.29) is 12.2 Å². The van der Waals surface area contributed by atoms with Crippen LogP contribution in [0.4, 0.5) is 0 Å². The summed E-state index contributed by atoms with van der Waals surface area (Å²) in [6.45, 7) is 4.72. The van der Waals surface area contributed by atoms with Gasteiger partial charge in [0.25, 0.3) is 0 Å². The zero-order valence-corrected chi connectivity index (χ0v) is 8.41. The molecule has 0 fully saturated rings. The zero-order valence-electron chi connectivity index (χ0n) is 8.41. The van der Waals surface area contributed by atoms with Gasteiger partial charge in [0, 0.05) is 14.2 Å². The number of aliphatic imine (C=N–C) groups is 1. The first-order valence-electron chi connectivity index (χ1n) is 4.30. The van der Waals surface area contributed by atoms with Gasteiger partial charge in [-0.2, -0.15) is 0 Å². The van der Waals surface area contributed by atoms with E-state index < -0.39 is 0 Å². The molecule has 0 aliphatic carbocycles. The molecule has 0 aliphatic rings. The van der Waals surface area contributed by atoms with Gasteiger partial charge < -0.3 is 9.47 Å². The average molecular weight is 173 g/mol. The molecule has 72 valence electrons. The smallest absolute Gasteiger partial charge is 0.102 e. The van der Waals surface area contributed by atoms with Crippen LogP contribution in [0.15, 0.2) is 4.99 Å². The predicted molar refractivity (Wildman–Crippen MR) is 50.9 cm³/mol. The molecule has 0 aliphatic heterocycles. The first-order chi connectivity index (χ1) is 5.76. The number of methoxy groups -OCH3 is 2. The van der Waals surface area contributed by atoms with Gasteiger partial charge in [0.05, 0.1) is 12.6 Å². The molecule has 0 saturated carbocycles. The van der Waals surface area contributed by atoms with E-state index in [1.807, 2.05) is 13.1 Å². The van der Waals surface area contributed by atoms with Crippen LogP contribution in [-0.4, -0.2) is 39.2 Å². The number of hydrogen-bond donors (Lipinski definition) is 0. The number of nitrogens with zero attached hydrogens (tertiary/aromatic N) is 1. The van der Waals surface area contributed by atoms with Crippen molar-refractivity contribution in [2.75, 3.05) is 20.8 Å². The van der Waals surface area contributed by atoms with Gasteiger partial charge in [-0.15, -0.1) is 0 Å². The van der Waals surface area contributed by atoms with Crippen LogP contribution in [0.3, 0.4) is 0 Å². The van der Waals surface area contributed by atoms with E-state index >= 15 is 0 Å². The van der Waals surface area contributed by atoms with Gasteiger partial charge in [-0.3, -0.25) is 4.99 Å². The van der Waals surface area contributed by atoms with E-state index in [1.54, 1.807) is 14.2 Å². The maximum atomic E-state index is 5.21. The molecule has 2 unspecified atom stereocenters. The molecule has 0 saturated heterocycles. The van der Waals surface area contributed by atoms with Crippen LogP contribution in [0.25, 0.3) is 0 Å². The SMILES string of the molecule is CC/C=N\CC(OC)C(C)OC. The van der Waals surface area contributed by atoms with Gasteiger partial charge in [0.2, 0.25) is 0 Å². The van der Waals surface area contributed by atoms with Gasteiger partial charge in [-0.1, -0.05) is 6.92 Å². The van der Waals surface area contributed by atoms with Crippen molar-refractivity contribution in [3.8, 4) is 0 Å². The van der Waals surface area contributed by atoms with Crippen molar-refractivity contribution in [1.82, 2.24) is 0 Å². The average Bonchev–Trinajstić information content (AvgIpc) is 2.11. The summed E-state index contributed by atoms with van der Waals surface area (Å²) >= 11 is 0. The Morgan fingerprint density at radius 1 is 1.33 bits per heavy atom. The molecule has 0 heterocycles. The molecular formula is C9H19NO2. The number of hydrogen-bond acceptors (Lipinski definition) is 3. The standard InChI is InChI=1S/C9H19NO2/c1-5-6-10-7-9(12-4)8(2)11-3/h6,8-9H,5,7H2,1-4H3/b10-6-. The molecule has 0 amide bonds. The highest BCUT2D eigenvalue weighted by Gasteiger charge is 2.14. The van der Waals surface area contributed by atoms with Crippen molar-refractivity contribution < 1.29 is 9.47 Å². The van der Waals surface area contributed by atoms with Crippen molar-refractivity contribution in [1.29, 1.82) is 0 Å². The largest absolute Gasteiger partial charge is 0.379 e. The lowest BCUT2D eigenvalue weighted by Gasteiger charge is -2.19. The van der Waals surface area contributed by atoms with E-state index in [2.05, 4.69) is 11.9 Å². The van der Waals surface area contributed by atoms with E-state index in [0.717, 1.165) is 6.42 Å². The van der Waals surface area contributed by atoms with Crippen LogP contribution in [-0.2, 0) is 9.47 Å². The van der Waals surface area contributed by atoms with Crippen LogP contribution in [0.1, 0.15) is 20.3 Å². The molecule has 2 atom stereocenters. The summed E-state index contributed by atoms with van der Waals surface area (Å²) in [7, 11) is 3.36. The van der Waals surface area contributed by atoms with Gasteiger partial charge in [0.1, 0.15) is 6.10 Å².